The molecule has 1 fully saturated rings. The van der Waals surface area contributed by atoms with Gasteiger partial charge in [0, 0.05) is 22.9 Å². The van der Waals surface area contributed by atoms with Crippen LogP contribution in [0.5, 0.6) is 0 Å². The van der Waals surface area contributed by atoms with E-state index in [4.69, 9.17) is 4.98 Å². The third kappa shape index (κ3) is 1.63. The van der Waals surface area contributed by atoms with Crippen molar-refractivity contribution in [3.05, 3.63) is 47.6 Å². The lowest BCUT2D eigenvalue weighted by molar-refractivity contribution is 1.05. The molecule has 2 aromatic heterocycles. The van der Waals surface area contributed by atoms with Crippen molar-refractivity contribution in [1.29, 1.82) is 0 Å². The molecule has 4 rings (SSSR count). The van der Waals surface area contributed by atoms with E-state index >= 15 is 0 Å². The van der Waals surface area contributed by atoms with Crippen LogP contribution in [0, 0.1) is 0 Å². The lowest BCUT2D eigenvalue weighted by Crippen LogP contribution is -1.86. The summed E-state index contributed by atoms with van der Waals surface area (Å²) in [5.41, 5.74) is 2.27. The zero-order chi connectivity index (χ0) is 11.9. The first kappa shape index (κ1) is 10.2. The SMILES string of the molecule is c1ccc2c(-c3nc(C4CC4)cs3)nccc2c1. The summed E-state index contributed by atoms with van der Waals surface area (Å²) < 4.78 is 0. The van der Waals surface area contributed by atoms with Gasteiger partial charge >= 0.3 is 0 Å². The first-order valence-corrected chi connectivity index (χ1v) is 7.09. The highest BCUT2D eigenvalue weighted by Crippen LogP contribution is 2.41. The van der Waals surface area contributed by atoms with E-state index in [-0.39, 0.29) is 0 Å². The molecule has 0 atom stereocenters. The van der Waals surface area contributed by atoms with Crippen molar-refractivity contribution in [2.45, 2.75) is 18.8 Å². The van der Waals surface area contributed by atoms with Crippen LogP contribution in [0.15, 0.2) is 41.9 Å². The van der Waals surface area contributed by atoms with Crippen LogP contribution in [0.4, 0.5) is 0 Å². The van der Waals surface area contributed by atoms with Crippen LogP contribution >= 0.6 is 11.3 Å². The molecular formula is C15H12N2S. The van der Waals surface area contributed by atoms with E-state index in [0.717, 1.165) is 10.7 Å². The van der Waals surface area contributed by atoms with Crippen LogP contribution in [0.1, 0.15) is 24.5 Å². The summed E-state index contributed by atoms with van der Waals surface area (Å²) in [5, 5.41) is 5.66. The molecule has 0 bridgehead atoms. The quantitative estimate of drug-likeness (QED) is 0.682. The van der Waals surface area contributed by atoms with Gasteiger partial charge in [0.1, 0.15) is 10.7 Å². The Balaban J connectivity index is 1.89. The van der Waals surface area contributed by atoms with Crippen LogP contribution in [0.2, 0.25) is 0 Å². The second-order valence-electron chi connectivity index (χ2n) is 4.73. The summed E-state index contributed by atoms with van der Waals surface area (Å²) >= 11 is 1.71. The molecule has 1 aromatic carbocycles. The van der Waals surface area contributed by atoms with Crippen LogP contribution < -0.4 is 0 Å². The maximum Gasteiger partial charge on any atom is 0.142 e. The number of nitrogens with zero attached hydrogens (tertiary/aromatic N) is 2. The Bertz CT molecular complexity index is 708. The second kappa shape index (κ2) is 3.89. The molecule has 3 aromatic rings. The number of thiazole rings is 1. The highest BCUT2D eigenvalue weighted by molar-refractivity contribution is 7.13. The first-order valence-electron chi connectivity index (χ1n) is 6.21. The van der Waals surface area contributed by atoms with Gasteiger partial charge in [-0.05, 0) is 24.3 Å². The normalized spacial score (nSPS) is 15.1. The van der Waals surface area contributed by atoms with Crippen molar-refractivity contribution in [3.63, 3.8) is 0 Å². The molecule has 0 amide bonds. The number of pyridine rings is 1. The molecule has 0 N–H and O–H groups in total. The summed E-state index contributed by atoms with van der Waals surface area (Å²) in [6.07, 6.45) is 4.47. The Kier molecular flexibility index (Phi) is 2.20. The van der Waals surface area contributed by atoms with Crippen molar-refractivity contribution >= 4 is 22.1 Å². The zero-order valence-corrected chi connectivity index (χ0v) is 10.7. The van der Waals surface area contributed by atoms with E-state index in [9.17, 15) is 0 Å². The molecule has 0 unspecified atom stereocenters. The Morgan fingerprint density at radius 2 is 2.00 bits per heavy atom. The molecule has 1 aliphatic carbocycles. The average molecular weight is 252 g/mol. The van der Waals surface area contributed by atoms with E-state index < -0.39 is 0 Å². The van der Waals surface area contributed by atoms with Gasteiger partial charge in [0.05, 0.1) is 5.69 Å². The Morgan fingerprint density at radius 3 is 2.89 bits per heavy atom. The van der Waals surface area contributed by atoms with E-state index in [2.05, 4.69) is 34.6 Å². The van der Waals surface area contributed by atoms with Gasteiger partial charge in [0.2, 0.25) is 0 Å². The van der Waals surface area contributed by atoms with Gasteiger partial charge < -0.3 is 0 Å². The van der Waals surface area contributed by atoms with Crippen LogP contribution in [-0.4, -0.2) is 9.97 Å². The van der Waals surface area contributed by atoms with Gasteiger partial charge in [0.25, 0.3) is 0 Å². The Labute approximate surface area is 109 Å². The molecule has 18 heavy (non-hydrogen) atoms. The fourth-order valence-corrected chi connectivity index (χ4v) is 3.16. The second-order valence-corrected chi connectivity index (χ2v) is 5.59. The average Bonchev–Trinajstić information content (AvgIpc) is 3.16. The predicted molar refractivity (Wildman–Crippen MR) is 74.8 cm³/mol. The summed E-state index contributed by atoms with van der Waals surface area (Å²) in [5.74, 6) is 0.713. The molecule has 0 spiro atoms. The lowest BCUT2D eigenvalue weighted by atomic mass is 10.1. The van der Waals surface area contributed by atoms with Crippen molar-refractivity contribution in [3.8, 4) is 10.7 Å². The topological polar surface area (TPSA) is 25.8 Å². The summed E-state index contributed by atoms with van der Waals surface area (Å²) in [6.45, 7) is 0. The third-order valence-corrected chi connectivity index (χ3v) is 4.26. The van der Waals surface area contributed by atoms with Crippen molar-refractivity contribution < 1.29 is 0 Å². The van der Waals surface area contributed by atoms with Gasteiger partial charge in [-0.25, -0.2) is 4.98 Å². The van der Waals surface area contributed by atoms with Gasteiger partial charge in [0.15, 0.2) is 0 Å². The molecule has 2 heterocycles. The molecule has 3 heteroatoms. The lowest BCUT2D eigenvalue weighted by Gasteiger charge is -2.01. The molecule has 2 nitrogen and oxygen atoms in total. The molecule has 88 valence electrons. The van der Waals surface area contributed by atoms with E-state index in [1.807, 2.05) is 12.3 Å². The van der Waals surface area contributed by atoms with Crippen molar-refractivity contribution in [2.24, 2.45) is 0 Å². The summed E-state index contributed by atoms with van der Waals surface area (Å²) in [6, 6.07) is 10.4. The smallest absolute Gasteiger partial charge is 0.142 e. The first-order chi connectivity index (χ1) is 8.92. The summed E-state index contributed by atoms with van der Waals surface area (Å²) in [7, 11) is 0. The van der Waals surface area contributed by atoms with Crippen LogP contribution in [0.25, 0.3) is 21.5 Å². The van der Waals surface area contributed by atoms with Crippen LogP contribution in [-0.2, 0) is 0 Å². The minimum absolute atomic E-state index is 0.713. The van der Waals surface area contributed by atoms with E-state index in [0.29, 0.717) is 5.92 Å². The monoisotopic (exact) mass is 252 g/mol. The fourth-order valence-electron chi connectivity index (χ4n) is 2.25. The largest absolute Gasteiger partial charge is 0.253 e. The highest BCUT2D eigenvalue weighted by atomic mass is 32.1. The predicted octanol–water partition coefficient (Wildman–Crippen LogP) is 4.24. The highest BCUT2D eigenvalue weighted by Gasteiger charge is 2.26. The minimum Gasteiger partial charge on any atom is -0.253 e. The van der Waals surface area contributed by atoms with Gasteiger partial charge in [-0.1, -0.05) is 24.3 Å². The number of benzene rings is 1. The zero-order valence-electron chi connectivity index (χ0n) is 9.84. The van der Waals surface area contributed by atoms with Crippen LogP contribution in [0.3, 0.4) is 0 Å². The number of hydrogen-bond donors (Lipinski definition) is 0. The molecule has 0 aliphatic heterocycles. The maximum absolute atomic E-state index is 4.75. The van der Waals surface area contributed by atoms with Gasteiger partial charge in [-0.3, -0.25) is 4.98 Å². The minimum atomic E-state index is 0.713. The van der Waals surface area contributed by atoms with E-state index in [1.165, 1.54) is 29.3 Å². The van der Waals surface area contributed by atoms with Crippen molar-refractivity contribution in [1.82, 2.24) is 9.97 Å². The fraction of sp³-hybridized carbons (Fsp3) is 0.200. The molecule has 1 aliphatic rings. The van der Waals surface area contributed by atoms with Crippen molar-refractivity contribution in [2.75, 3.05) is 0 Å². The number of rotatable bonds is 2. The van der Waals surface area contributed by atoms with E-state index in [1.54, 1.807) is 11.3 Å². The van der Waals surface area contributed by atoms with Gasteiger partial charge in [-0.2, -0.15) is 0 Å². The Hall–Kier alpha value is -1.74. The standard InChI is InChI=1S/C15H12N2S/c1-2-4-12-10(3-1)7-8-16-14(12)15-17-13(9-18-15)11-5-6-11/h1-4,7-9,11H,5-6H2. The molecular weight excluding hydrogens is 240 g/mol. The number of fused-ring (bicyclic) bond motifs is 1. The van der Waals surface area contributed by atoms with Gasteiger partial charge in [-0.15, -0.1) is 11.3 Å². The summed E-state index contributed by atoms with van der Waals surface area (Å²) in [4.78, 5) is 9.27. The Morgan fingerprint density at radius 1 is 1.11 bits per heavy atom. The number of aromatic nitrogens is 2. The maximum atomic E-state index is 4.75. The molecule has 0 radical (unpaired) electrons. The molecule has 0 saturated heterocycles. The third-order valence-electron chi connectivity index (χ3n) is 3.39. The molecule has 1 saturated carbocycles. The number of hydrogen-bond acceptors (Lipinski definition) is 3.